The van der Waals surface area contributed by atoms with Crippen LogP contribution in [0.25, 0.3) is 16.7 Å². The summed E-state index contributed by atoms with van der Waals surface area (Å²) in [7, 11) is -3.51. The van der Waals surface area contributed by atoms with Crippen LogP contribution in [-0.4, -0.2) is 33.5 Å². The lowest BCUT2D eigenvalue weighted by Crippen LogP contribution is -2.24. The van der Waals surface area contributed by atoms with Gasteiger partial charge in [0.2, 0.25) is 0 Å². The summed E-state index contributed by atoms with van der Waals surface area (Å²) in [6.45, 7) is -0.0271. The van der Waals surface area contributed by atoms with Crippen molar-refractivity contribution in [3.63, 3.8) is 0 Å². The normalized spacial score (nSPS) is 11.8. The molecule has 0 radical (unpaired) electrons. The highest BCUT2D eigenvalue weighted by molar-refractivity contribution is 7.91. The third-order valence-electron chi connectivity index (χ3n) is 4.33. The molecular formula is C19H15FN4O3S. The fraction of sp³-hybridized carbons (Fsp3) is 0.105. The van der Waals surface area contributed by atoms with Gasteiger partial charge in [-0.15, -0.1) is 0 Å². The first-order valence-corrected chi connectivity index (χ1v) is 10.1. The van der Waals surface area contributed by atoms with Gasteiger partial charge in [-0.05, 0) is 36.4 Å². The molecule has 2 aromatic heterocycles. The molecule has 142 valence electrons. The maximum absolute atomic E-state index is 13.1. The molecule has 0 fully saturated rings. The summed E-state index contributed by atoms with van der Waals surface area (Å²) < 4.78 is 40.6. The summed E-state index contributed by atoms with van der Waals surface area (Å²) in [5.41, 5.74) is 0.494. The third kappa shape index (κ3) is 3.31. The van der Waals surface area contributed by atoms with Crippen LogP contribution in [0.2, 0.25) is 0 Å². The smallest absolute Gasteiger partial charge is 0.264 e. The SMILES string of the molecule is O=c1c2cnn(-c3ccc(F)cc3)c2ncn1CCS(=O)(=O)c1ccccc1. The Morgan fingerprint density at radius 3 is 2.43 bits per heavy atom. The zero-order valence-electron chi connectivity index (χ0n) is 14.6. The second-order valence-electron chi connectivity index (χ2n) is 6.15. The first kappa shape index (κ1) is 18.1. The fourth-order valence-electron chi connectivity index (χ4n) is 2.84. The van der Waals surface area contributed by atoms with Gasteiger partial charge < -0.3 is 0 Å². The van der Waals surface area contributed by atoms with Crippen molar-refractivity contribution >= 4 is 20.9 Å². The fourth-order valence-corrected chi connectivity index (χ4v) is 4.09. The largest absolute Gasteiger partial charge is 0.298 e. The number of halogens is 1. The van der Waals surface area contributed by atoms with E-state index >= 15 is 0 Å². The van der Waals surface area contributed by atoms with Crippen molar-refractivity contribution in [2.24, 2.45) is 0 Å². The molecule has 28 heavy (non-hydrogen) atoms. The number of hydrogen-bond donors (Lipinski definition) is 0. The molecule has 0 saturated carbocycles. The van der Waals surface area contributed by atoms with Crippen LogP contribution >= 0.6 is 0 Å². The van der Waals surface area contributed by atoms with Crippen LogP contribution in [0.4, 0.5) is 4.39 Å². The van der Waals surface area contributed by atoms with Crippen molar-refractivity contribution in [3.8, 4) is 5.69 Å². The van der Waals surface area contributed by atoms with E-state index in [2.05, 4.69) is 10.1 Å². The highest BCUT2D eigenvalue weighted by atomic mass is 32.2. The first-order chi connectivity index (χ1) is 13.5. The van der Waals surface area contributed by atoms with Crippen LogP contribution in [0, 0.1) is 5.82 Å². The molecule has 0 N–H and O–H groups in total. The molecule has 0 aliphatic carbocycles. The van der Waals surface area contributed by atoms with E-state index in [-0.39, 0.29) is 34.0 Å². The lowest BCUT2D eigenvalue weighted by molar-refractivity contribution is 0.586. The highest BCUT2D eigenvalue weighted by Crippen LogP contribution is 2.14. The van der Waals surface area contributed by atoms with Gasteiger partial charge in [-0.1, -0.05) is 18.2 Å². The number of sulfone groups is 1. The Hall–Kier alpha value is -3.33. The molecule has 4 aromatic rings. The maximum atomic E-state index is 13.1. The van der Waals surface area contributed by atoms with Crippen LogP contribution in [0.5, 0.6) is 0 Å². The molecule has 2 aromatic carbocycles. The van der Waals surface area contributed by atoms with E-state index in [1.165, 1.54) is 58.2 Å². The van der Waals surface area contributed by atoms with E-state index in [4.69, 9.17) is 0 Å². The zero-order valence-corrected chi connectivity index (χ0v) is 15.4. The number of aryl methyl sites for hydroxylation is 1. The zero-order chi connectivity index (χ0) is 19.7. The molecule has 0 spiro atoms. The van der Waals surface area contributed by atoms with E-state index in [9.17, 15) is 17.6 Å². The Kier molecular flexibility index (Phi) is 4.52. The molecule has 9 heteroatoms. The van der Waals surface area contributed by atoms with E-state index in [0.29, 0.717) is 11.3 Å². The standard InChI is InChI=1S/C19H15FN4O3S/c20-14-6-8-15(9-7-14)24-18-17(12-22-24)19(25)23(13-21-18)10-11-28(26,27)16-4-2-1-3-5-16/h1-9,12-13H,10-11H2. The van der Waals surface area contributed by atoms with Crippen LogP contribution in [0.1, 0.15) is 0 Å². The number of benzene rings is 2. The van der Waals surface area contributed by atoms with E-state index in [1.807, 2.05) is 0 Å². The van der Waals surface area contributed by atoms with Crippen LogP contribution in [0.15, 0.2) is 76.8 Å². The molecule has 7 nitrogen and oxygen atoms in total. The maximum Gasteiger partial charge on any atom is 0.264 e. The molecule has 0 unspecified atom stereocenters. The topological polar surface area (TPSA) is 86.8 Å². The van der Waals surface area contributed by atoms with E-state index in [1.54, 1.807) is 18.2 Å². The number of nitrogens with zero attached hydrogens (tertiary/aromatic N) is 4. The van der Waals surface area contributed by atoms with Crippen LogP contribution in [0.3, 0.4) is 0 Å². The second-order valence-corrected chi connectivity index (χ2v) is 8.25. The number of fused-ring (bicyclic) bond motifs is 1. The summed E-state index contributed by atoms with van der Waals surface area (Å²) in [4.78, 5) is 17.2. The van der Waals surface area contributed by atoms with Gasteiger partial charge in [0, 0.05) is 6.54 Å². The number of aromatic nitrogens is 4. The van der Waals surface area contributed by atoms with E-state index < -0.39 is 9.84 Å². The minimum Gasteiger partial charge on any atom is -0.298 e. The van der Waals surface area contributed by atoms with Crippen molar-refractivity contribution < 1.29 is 12.8 Å². The lowest BCUT2D eigenvalue weighted by atomic mass is 10.3. The predicted octanol–water partition coefficient (Wildman–Crippen LogP) is 2.20. The Bertz CT molecular complexity index is 1300. The Labute approximate surface area is 159 Å². The molecule has 0 atom stereocenters. The quantitative estimate of drug-likeness (QED) is 0.514. The van der Waals surface area contributed by atoms with Crippen molar-refractivity contribution in [2.75, 3.05) is 5.75 Å². The molecule has 0 aliphatic rings. The van der Waals surface area contributed by atoms with Crippen molar-refractivity contribution in [3.05, 3.63) is 83.3 Å². The average Bonchev–Trinajstić information content (AvgIpc) is 3.14. The Morgan fingerprint density at radius 2 is 1.71 bits per heavy atom. The van der Waals surface area contributed by atoms with Gasteiger partial charge in [0.25, 0.3) is 5.56 Å². The second kappa shape index (κ2) is 7.01. The Balaban J connectivity index is 1.64. The van der Waals surface area contributed by atoms with Crippen molar-refractivity contribution in [1.82, 2.24) is 19.3 Å². The van der Waals surface area contributed by atoms with Crippen LogP contribution in [-0.2, 0) is 16.4 Å². The summed E-state index contributed by atoms with van der Waals surface area (Å²) >= 11 is 0. The van der Waals surface area contributed by atoms with Gasteiger partial charge in [-0.25, -0.2) is 22.5 Å². The van der Waals surface area contributed by atoms with Crippen molar-refractivity contribution in [1.29, 1.82) is 0 Å². The molecule has 0 amide bonds. The number of hydrogen-bond acceptors (Lipinski definition) is 5. The predicted molar refractivity (Wildman–Crippen MR) is 102 cm³/mol. The molecule has 2 heterocycles. The molecule has 0 saturated heterocycles. The van der Waals surface area contributed by atoms with Gasteiger partial charge in [0.1, 0.15) is 17.5 Å². The number of rotatable bonds is 5. The van der Waals surface area contributed by atoms with Gasteiger partial charge >= 0.3 is 0 Å². The van der Waals surface area contributed by atoms with Crippen LogP contribution < -0.4 is 5.56 Å². The van der Waals surface area contributed by atoms with Gasteiger partial charge in [0.15, 0.2) is 15.5 Å². The van der Waals surface area contributed by atoms with E-state index in [0.717, 1.165) is 0 Å². The minimum absolute atomic E-state index is 0.0271. The lowest BCUT2D eigenvalue weighted by Gasteiger charge is -2.07. The van der Waals surface area contributed by atoms with Gasteiger partial charge in [-0.3, -0.25) is 9.36 Å². The monoisotopic (exact) mass is 398 g/mol. The summed E-state index contributed by atoms with van der Waals surface area (Å²) in [6.07, 6.45) is 2.67. The highest BCUT2D eigenvalue weighted by Gasteiger charge is 2.16. The third-order valence-corrected chi connectivity index (χ3v) is 6.04. The summed E-state index contributed by atoms with van der Waals surface area (Å²) in [5.74, 6) is -0.605. The molecule has 0 aliphatic heterocycles. The van der Waals surface area contributed by atoms with Crippen molar-refractivity contribution in [2.45, 2.75) is 11.4 Å². The molecule has 4 rings (SSSR count). The first-order valence-electron chi connectivity index (χ1n) is 8.43. The van der Waals surface area contributed by atoms with Gasteiger partial charge in [-0.2, -0.15) is 5.10 Å². The Morgan fingerprint density at radius 1 is 1.00 bits per heavy atom. The summed E-state index contributed by atoms with van der Waals surface area (Å²) in [5, 5.41) is 4.41. The minimum atomic E-state index is -3.51. The van der Waals surface area contributed by atoms with Gasteiger partial charge in [0.05, 0.1) is 22.5 Å². The average molecular weight is 398 g/mol. The molecule has 0 bridgehead atoms. The summed E-state index contributed by atoms with van der Waals surface area (Å²) in [6, 6.07) is 13.7. The molecular weight excluding hydrogens is 383 g/mol.